The number of carbonyl (C=O) groups is 2. The molecule has 4 aliphatic carbocycles. The van der Waals surface area contributed by atoms with Crippen LogP contribution in [0.4, 0.5) is 0 Å². The molecule has 174 valence electrons. The maximum atomic E-state index is 11.7. The Bertz CT molecular complexity index is 742. The van der Waals surface area contributed by atoms with Gasteiger partial charge in [0.1, 0.15) is 6.10 Å². The Morgan fingerprint density at radius 2 is 1.90 bits per heavy atom. The molecule has 31 heavy (non-hydrogen) atoms. The number of allylic oxidation sites excluding steroid dienone is 1. The summed E-state index contributed by atoms with van der Waals surface area (Å²) in [6, 6.07) is 0. The Hall–Kier alpha value is -1.32. The van der Waals surface area contributed by atoms with E-state index in [4.69, 9.17) is 9.47 Å². The van der Waals surface area contributed by atoms with Crippen LogP contribution >= 0.6 is 0 Å². The molecule has 0 N–H and O–H groups in total. The molecule has 0 heterocycles. The van der Waals surface area contributed by atoms with Crippen molar-refractivity contribution in [3.05, 3.63) is 11.6 Å². The minimum absolute atomic E-state index is 0.0718. The third-order valence-corrected chi connectivity index (χ3v) is 10.2. The third-order valence-electron chi connectivity index (χ3n) is 10.2. The van der Waals surface area contributed by atoms with Gasteiger partial charge in [-0.2, -0.15) is 0 Å². The van der Waals surface area contributed by atoms with Crippen molar-refractivity contribution in [2.24, 2.45) is 40.4 Å². The zero-order chi connectivity index (χ0) is 22.4. The summed E-state index contributed by atoms with van der Waals surface area (Å²) in [5.74, 6) is 3.45. The molecule has 4 rings (SSSR count). The molecule has 3 fully saturated rings. The summed E-state index contributed by atoms with van der Waals surface area (Å²) in [5.41, 5.74) is 2.26. The summed E-state index contributed by atoms with van der Waals surface area (Å²) in [4.78, 5) is 23.1. The molecule has 8 atom stereocenters. The van der Waals surface area contributed by atoms with Crippen LogP contribution in [0.1, 0.15) is 91.9 Å². The molecule has 0 aromatic carbocycles. The van der Waals surface area contributed by atoms with Gasteiger partial charge in [0.05, 0.1) is 7.11 Å². The topological polar surface area (TPSA) is 52.6 Å². The van der Waals surface area contributed by atoms with Gasteiger partial charge in [-0.3, -0.25) is 9.59 Å². The van der Waals surface area contributed by atoms with Gasteiger partial charge >= 0.3 is 11.9 Å². The van der Waals surface area contributed by atoms with E-state index in [-0.39, 0.29) is 23.5 Å². The molecule has 0 bridgehead atoms. The molecule has 4 nitrogen and oxygen atoms in total. The van der Waals surface area contributed by atoms with Gasteiger partial charge in [0.15, 0.2) is 0 Å². The maximum Gasteiger partial charge on any atom is 0.305 e. The zero-order valence-electron chi connectivity index (χ0n) is 20.2. The SMILES string of the molecule is COC(=O)CC[C@@H](C)[C@H]1CCC2C3CC=C4C[C@@H](OC(C)=O)CC[C@]4(C)C3CC[C@@]21C. The van der Waals surface area contributed by atoms with Crippen molar-refractivity contribution in [3.8, 4) is 0 Å². The van der Waals surface area contributed by atoms with E-state index in [2.05, 4.69) is 26.8 Å². The largest absolute Gasteiger partial charge is 0.469 e. The minimum atomic E-state index is -0.144. The second kappa shape index (κ2) is 8.56. The van der Waals surface area contributed by atoms with E-state index < -0.39 is 0 Å². The molecule has 0 aromatic rings. The second-order valence-corrected chi connectivity index (χ2v) is 11.6. The fraction of sp³-hybridized carbons (Fsp3) is 0.852. The molecule has 3 saturated carbocycles. The van der Waals surface area contributed by atoms with Gasteiger partial charge in [0.2, 0.25) is 0 Å². The van der Waals surface area contributed by atoms with Gasteiger partial charge in [0.25, 0.3) is 0 Å². The van der Waals surface area contributed by atoms with E-state index in [1.54, 1.807) is 5.57 Å². The van der Waals surface area contributed by atoms with E-state index in [0.29, 0.717) is 17.8 Å². The first-order chi connectivity index (χ1) is 14.7. The molecule has 4 aliphatic rings. The summed E-state index contributed by atoms with van der Waals surface area (Å²) in [7, 11) is 1.49. The van der Waals surface area contributed by atoms with Gasteiger partial charge in [-0.1, -0.05) is 32.4 Å². The monoisotopic (exact) mass is 430 g/mol. The molecule has 0 amide bonds. The lowest BCUT2D eigenvalue weighted by Crippen LogP contribution is -2.51. The summed E-state index contributed by atoms with van der Waals surface area (Å²) >= 11 is 0. The van der Waals surface area contributed by atoms with Crippen LogP contribution in [-0.4, -0.2) is 25.2 Å². The molecule has 0 aromatic heterocycles. The number of carbonyl (C=O) groups excluding carboxylic acids is 2. The van der Waals surface area contributed by atoms with Gasteiger partial charge in [-0.05, 0) is 91.8 Å². The lowest BCUT2D eigenvalue weighted by Gasteiger charge is -2.58. The van der Waals surface area contributed by atoms with E-state index in [0.717, 1.165) is 49.4 Å². The lowest BCUT2D eigenvalue weighted by molar-refractivity contribution is -0.148. The van der Waals surface area contributed by atoms with Crippen LogP contribution in [0.3, 0.4) is 0 Å². The van der Waals surface area contributed by atoms with Crippen molar-refractivity contribution in [3.63, 3.8) is 0 Å². The minimum Gasteiger partial charge on any atom is -0.469 e. The molecule has 0 aliphatic heterocycles. The average molecular weight is 431 g/mol. The number of hydrogen-bond donors (Lipinski definition) is 0. The fourth-order valence-corrected chi connectivity index (χ4v) is 8.59. The molecular weight excluding hydrogens is 388 g/mol. The zero-order valence-corrected chi connectivity index (χ0v) is 20.2. The van der Waals surface area contributed by atoms with Crippen LogP contribution in [-0.2, 0) is 19.1 Å². The van der Waals surface area contributed by atoms with Crippen LogP contribution in [0, 0.1) is 40.4 Å². The fourth-order valence-electron chi connectivity index (χ4n) is 8.59. The van der Waals surface area contributed by atoms with E-state index >= 15 is 0 Å². The number of rotatable bonds is 5. The van der Waals surface area contributed by atoms with Crippen molar-refractivity contribution >= 4 is 11.9 Å². The van der Waals surface area contributed by atoms with Crippen LogP contribution < -0.4 is 0 Å². The first-order valence-electron chi connectivity index (χ1n) is 12.6. The highest BCUT2D eigenvalue weighted by atomic mass is 16.5. The summed E-state index contributed by atoms with van der Waals surface area (Å²) in [6.07, 6.45) is 13.7. The van der Waals surface area contributed by atoms with Crippen molar-refractivity contribution in [2.75, 3.05) is 7.11 Å². The van der Waals surface area contributed by atoms with E-state index in [1.165, 1.54) is 46.1 Å². The van der Waals surface area contributed by atoms with Crippen LogP contribution in [0.15, 0.2) is 11.6 Å². The quantitative estimate of drug-likeness (QED) is 0.391. The predicted octanol–water partition coefficient (Wildman–Crippen LogP) is 6.09. The Morgan fingerprint density at radius 1 is 1.13 bits per heavy atom. The number of methoxy groups -OCH3 is 1. The number of fused-ring (bicyclic) bond motifs is 5. The normalized spacial score (nSPS) is 42.5. The van der Waals surface area contributed by atoms with Crippen molar-refractivity contribution in [1.29, 1.82) is 0 Å². The highest BCUT2D eigenvalue weighted by molar-refractivity contribution is 5.69. The van der Waals surface area contributed by atoms with Crippen molar-refractivity contribution < 1.29 is 19.1 Å². The predicted molar refractivity (Wildman–Crippen MR) is 121 cm³/mol. The summed E-state index contributed by atoms with van der Waals surface area (Å²) in [5, 5.41) is 0. The third kappa shape index (κ3) is 3.97. The molecule has 3 unspecified atom stereocenters. The highest BCUT2D eigenvalue weighted by Crippen LogP contribution is 2.67. The van der Waals surface area contributed by atoms with Gasteiger partial charge < -0.3 is 9.47 Å². The van der Waals surface area contributed by atoms with Gasteiger partial charge in [-0.15, -0.1) is 0 Å². The van der Waals surface area contributed by atoms with Crippen molar-refractivity contribution in [1.82, 2.24) is 0 Å². The summed E-state index contributed by atoms with van der Waals surface area (Å²) in [6.45, 7) is 8.97. The Labute approximate surface area is 188 Å². The second-order valence-electron chi connectivity index (χ2n) is 11.6. The van der Waals surface area contributed by atoms with Crippen LogP contribution in [0.5, 0.6) is 0 Å². The average Bonchev–Trinajstić information content (AvgIpc) is 3.09. The molecular formula is C27H42O4. The smallest absolute Gasteiger partial charge is 0.305 e. The molecule has 0 radical (unpaired) electrons. The molecule has 0 saturated heterocycles. The maximum absolute atomic E-state index is 11.7. The first-order valence-corrected chi connectivity index (χ1v) is 12.6. The Kier molecular flexibility index (Phi) is 6.31. The van der Waals surface area contributed by atoms with Gasteiger partial charge in [-0.25, -0.2) is 0 Å². The highest BCUT2D eigenvalue weighted by Gasteiger charge is 2.59. The Balaban J connectivity index is 1.48. The van der Waals surface area contributed by atoms with Crippen LogP contribution in [0.25, 0.3) is 0 Å². The van der Waals surface area contributed by atoms with Gasteiger partial charge in [0, 0.05) is 19.8 Å². The molecule has 4 heteroatoms. The lowest BCUT2D eigenvalue weighted by atomic mass is 9.47. The van der Waals surface area contributed by atoms with E-state index in [9.17, 15) is 9.59 Å². The number of ether oxygens (including phenoxy) is 2. The summed E-state index contributed by atoms with van der Waals surface area (Å²) < 4.78 is 10.5. The standard InChI is InChI=1S/C27H42O4/c1-17(6-11-25(29)30-5)22-9-10-23-21-8-7-19-16-20(31-18(2)28)12-14-26(19,3)24(21)13-15-27(22,23)4/h7,17,20-24H,6,8-16H2,1-5H3/t17-,20+,21?,22-,23?,24?,26+,27-/m1/s1. The Morgan fingerprint density at radius 3 is 2.61 bits per heavy atom. The van der Waals surface area contributed by atoms with E-state index in [1.807, 2.05) is 0 Å². The van der Waals surface area contributed by atoms with Crippen LogP contribution in [0.2, 0.25) is 0 Å². The number of esters is 2. The first kappa shape index (κ1) is 22.9. The number of hydrogen-bond acceptors (Lipinski definition) is 4. The molecule has 0 spiro atoms. The van der Waals surface area contributed by atoms with Crippen molar-refractivity contribution in [2.45, 2.75) is 98.0 Å².